The lowest BCUT2D eigenvalue weighted by atomic mass is 9.97. The third kappa shape index (κ3) is 4.92. The lowest BCUT2D eigenvalue weighted by molar-refractivity contribution is 0.672. The Morgan fingerprint density at radius 1 is 0.298 bits per heavy atom. The summed E-state index contributed by atoms with van der Waals surface area (Å²) in [6.45, 7) is 0. The SMILES string of the molecule is c1ccc2c(-c3ccc(N(c4ccc(-c5cccc6oc7c8ccccc8ccc7c56)cc4)c4cccc5oc6c7ccccc7ccc6c45)cc3)cccc2c1. The van der Waals surface area contributed by atoms with Crippen LogP contribution in [0.3, 0.4) is 0 Å². The molecule has 266 valence electrons. The zero-order chi connectivity index (χ0) is 37.5. The van der Waals surface area contributed by atoms with Crippen molar-refractivity contribution < 1.29 is 8.83 Å². The number of fused-ring (bicyclic) bond motifs is 11. The van der Waals surface area contributed by atoms with Crippen molar-refractivity contribution in [3.8, 4) is 22.3 Å². The smallest absolute Gasteiger partial charge is 0.143 e. The van der Waals surface area contributed by atoms with Gasteiger partial charge in [0.15, 0.2) is 0 Å². The van der Waals surface area contributed by atoms with Gasteiger partial charge in [-0.05, 0) is 98.4 Å². The molecule has 0 unspecified atom stereocenters. The summed E-state index contributed by atoms with van der Waals surface area (Å²) in [6.07, 6.45) is 0. The first kappa shape index (κ1) is 31.7. The van der Waals surface area contributed by atoms with Crippen molar-refractivity contribution >= 4 is 93.3 Å². The molecule has 0 N–H and O–H groups in total. The number of rotatable bonds is 5. The van der Waals surface area contributed by atoms with Crippen LogP contribution in [-0.4, -0.2) is 0 Å². The second-order valence-corrected chi connectivity index (χ2v) is 14.8. The van der Waals surface area contributed by atoms with Crippen molar-refractivity contribution in [2.75, 3.05) is 4.90 Å². The molecule has 3 heteroatoms. The Bertz CT molecular complexity index is 3510. The molecule has 2 heterocycles. The van der Waals surface area contributed by atoms with E-state index in [0.717, 1.165) is 88.2 Å². The first-order valence-corrected chi connectivity index (χ1v) is 19.4. The molecule has 0 fully saturated rings. The lowest BCUT2D eigenvalue weighted by Crippen LogP contribution is -2.10. The molecule has 57 heavy (non-hydrogen) atoms. The molecule has 0 atom stereocenters. The highest BCUT2D eigenvalue weighted by Crippen LogP contribution is 2.46. The van der Waals surface area contributed by atoms with Crippen molar-refractivity contribution in [1.82, 2.24) is 0 Å². The van der Waals surface area contributed by atoms with E-state index in [2.05, 4.69) is 205 Å². The molecular weight excluding hydrogens is 695 g/mol. The van der Waals surface area contributed by atoms with Crippen molar-refractivity contribution in [2.45, 2.75) is 0 Å². The van der Waals surface area contributed by atoms with E-state index in [1.165, 1.54) is 27.3 Å². The summed E-state index contributed by atoms with van der Waals surface area (Å²) < 4.78 is 13.2. The number of hydrogen-bond donors (Lipinski definition) is 0. The number of hydrogen-bond acceptors (Lipinski definition) is 3. The standard InChI is InChI=1S/C54H33NO2/c1-4-14-41-34(10-1)13-7-17-42(41)37-22-28-39(29-23-37)55(48-19-9-21-50-52(48)47-33-27-36-12-3-6-16-45(36)54(47)57-50)40-30-24-38(25-31-40)43-18-8-20-49-51(43)46-32-26-35-11-2-5-15-44(35)53(46)56-49/h1-33H. The highest BCUT2D eigenvalue weighted by atomic mass is 16.3. The molecule has 0 aliphatic carbocycles. The van der Waals surface area contributed by atoms with Gasteiger partial charge < -0.3 is 13.7 Å². The zero-order valence-corrected chi connectivity index (χ0v) is 30.8. The first-order chi connectivity index (χ1) is 28.3. The molecule has 0 radical (unpaired) electrons. The topological polar surface area (TPSA) is 29.5 Å². The molecule has 0 amide bonds. The summed E-state index contributed by atoms with van der Waals surface area (Å²) in [4.78, 5) is 2.36. The van der Waals surface area contributed by atoms with Gasteiger partial charge in [0.2, 0.25) is 0 Å². The molecule has 0 saturated heterocycles. The van der Waals surface area contributed by atoms with E-state index >= 15 is 0 Å². The average molecular weight is 728 g/mol. The summed E-state index contributed by atoms with van der Waals surface area (Å²) in [5.74, 6) is 0. The molecular formula is C54H33NO2. The largest absolute Gasteiger partial charge is 0.455 e. The van der Waals surface area contributed by atoms with Gasteiger partial charge in [-0.1, -0.05) is 146 Å². The Morgan fingerprint density at radius 3 is 1.39 bits per heavy atom. The molecule has 0 aliphatic heterocycles. The number of furan rings is 2. The fourth-order valence-corrected chi connectivity index (χ4v) is 9.00. The second kappa shape index (κ2) is 12.5. The van der Waals surface area contributed by atoms with Crippen LogP contribution in [0.25, 0.3) is 98.4 Å². The van der Waals surface area contributed by atoms with Gasteiger partial charge in [-0.15, -0.1) is 0 Å². The molecule has 0 spiro atoms. The van der Waals surface area contributed by atoms with Gasteiger partial charge in [-0.3, -0.25) is 0 Å². The van der Waals surface area contributed by atoms with Crippen LogP contribution in [0, 0.1) is 0 Å². The van der Waals surface area contributed by atoms with E-state index in [1.54, 1.807) is 0 Å². The van der Waals surface area contributed by atoms with E-state index in [9.17, 15) is 0 Å². The highest BCUT2D eigenvalue weighted by Gasteiger charge is 2.21. The van der Waals surface area contributed by atoms with Gasteiger partial charge in [-0.2, -0.15) is 0 Å². The summed E-state index contributed by atoms with van der Waals surface area (Å²) in [7, 11) is 0. The summed E-state index contributed by atoms with van der Waals surface area (Å²) in [6, 6.07) is 71.5. The minimum Gasteiger partial charge on any atom is -0.455 e. The van der Waals surface area contributed by atoms with E-state index in [4.69, 9.17) is 8.83 Å². The van der Waals surface area contributed by atoms with Crippen molar-refractivity contribution in [3.05, 3.63) is 200 Å². The number of benzene rings is 10. The minimum absolute atomic E-state index is 0.860. The van der Waals surface area contributed by atoms with Crippen LogP contribution >= 0.6 is 0 Å². The molecule has 0 bridgehead atoms. The van der Waals surface area contributed by atoms with Crippen molar-refractivity contribution in [3.63, 3.8) is 0 Å². The molecule has 12 aromatic rings. The molecule has 2 aromatic heterocycles. The fraction of sp³-hybridized carbons (Fsp3) is 0. The second-order valence-electron chi connectivity index (χ2n) is 14.8. The first-order valence-electron chi connectivity index (χ1n) is 19.4. The van der Waals surface area contributed by atoms with Crippen molar-refractivity contribution in [2.24, 2.45) is 0 Å². The Labute approximate surface area is 328 Å². The van der Waals surface area contributed by atoms with Crippen LogP contribution in [0.2, 0.25) is 0 Å². The van der Waals surface area contributed by atoms with Crippen LogP contribution in [0.1, 0.15) is 0 Å². The molecule has 0 saturated carbocycles. The summed E-state index contributed by atoms with van der Waals surface area (Å²) in [5.41, 5.74) is 11.4. The zero-order valence-electron chi connectivity index (χ0n) is 30.8. The molecule has 0 aliphatic rings. The van der Waals surface area contributed by atoms with Gasteiger partial charge in [0.1, 0.15) is 22.3 Å². The van der Waals surface area contributed by atoms with E-state index in [0.29, 0.717) is 0 Å². The predicted octanol–water partition coefficient (Wildman–Crippen LogP) is 15.7. The monoisotopic (exact) mass is 727 g/mol. The number of anilines is 3. The van der Waals surface area contributed by atoms with Gasteiger partial charge in [0.25, 0.3) is 0 Å². The fourth-order valence-electron chi connectivity index (χ4n) is 9.00. The summed E-state index contributed by atoms with van der Waals surface area (Å²) in [5, 5.41) is 11.5. The van der Waals surface area contributed by atoms with Gasteiger partial charge in [-0.25, -0.2) is 0 Å². The Balaban J connectivity index is 1.04. The maximum absolute atomic E-state index is 6.68. The predicted molar refractivity (Wildman–Crippen MR) is 239 cm³/mol. The van der Waals surface area contributed by atoms with Crippen LogP contribution in [-0.2, 0) is 0 Å². The molecule has 3 nitrogen and oxygen atoms in total. The summed E-state index contributed by atoms with van der Waals surface area (Å²) >= 11 is 0. The van der Waals surface area contributed by atoms with E-state index < -0.39 is 0 Å². The Kier molecular flexibility index (Phi) is 6.93. The normalized spacial score (nSPS) is 11.9. The third-order valence-electron chi connectivity index (χ3n) is 11.7. The van der Waals surface area contributed by atoms with Crippen LogP contribution in [0.15, 0.2) is 209 Å². The maximum atomic E-state index is 6.68. The Hall–Kier alpha value is -7.62. The van der Waals surface area contributed by atoms with Crippen molar-refractivity contribution in [1.29, 1.82) is 0 Å². The van der Waals surface area contributed by atoms with Gasteiger partial charge in [0.05, 0.1) is 11.1 Å². The van der Waals surface area contributed by atoms with Gasteiger partial charge >= 0.3 is 0 Å². The lowest BCUT2D eigenvalue weighted by Gasteiger charge is -2.27. The molecule has 10 aromatic carbocycles. The third-order valence-corrected chi connectivity index (χ3v) is 11.7. The quantitative estimate of drug-likeness (QED) is 0.177. The number of nitrogens with zero attached hydrogens (tertiary/aromatic N) is 1. The van der Waals surface area contributed by atoms with E-state index in [-0.39, 0.29) is 0 Å². The minimum atomic E-state index is 0.860. The maximum Gasteiger partial charge on any atom is 0.143 e. The van der Waals surface area contributed by atoms with Crippen LogP contribution in [0.5, 0.6) is 0 Å². The highest BCUT2D eigenvalue weighted by molar-refractivity contribution is 6.21. The van der Waals surface area contributed by atoms with Gasteiger partial charge in [0, 0.05) is 38.3 Å². The molecule has 12 rings (SSSR count). The van der Waals surface area contributed by atoms with Crippen LogP contribution < -0.4 is 4.90 Å². The van der Waals surface area contributed by atoms with E-state index in [1.807, 2.05) is 0 Å². The average Bonchev–Trinajstić information content (AvgIpc) is 3.87. The Morgan fingerprint density at radius 2 is 0.754 bits per heavy atom. The van der Waals surface area contributed by atoms with Crippen LogP contribution in [0.4, 0.5) is 17.1 Å².